The number of nitrogens with zero attached hydrogens (tertiary/aromatic N) is 2. The maximum absolute atomic E-state index is 8.74. The predicted molar refractivity (Wildman–Crippen MR) is 118 cm³/mol. The molecule has 1 aliphatic heterocycles. The molecule has 1 aliphatic rings. The van der Waals surface area contributed by atoms with Gasteiger partial charge in [-0.05, 0) is 56.5 Å². The van der Waals surface area contributed by atoms with E-state index in [1.54, 1.807) is 0 Å². The number of benzene rings is 1. The zero-order chi connectivity index (χ0) is 20.4. The fourth-order valence-corrected chi connectivity index (χ4v) is 4.03. The fraction of sp³-hybridized carbons (Fsp3) is 0.391. The molecule has 28 heavy (non-hydrogen) atoms. The fourth-order valence-electron chi connectivity index (χ4n) is 4.03. The summed E-state index contributed by atoms with van der Waals surface area (Å²) in [5, 5.41) is 12.2. The molecule has 4 N–H and O–H groups in total. The number of nitrogen functional groups attached to an aromatic ring is 1. The topological polar surface area (TPSA) is 78.0 Å². The molecule has 2 aromatic rings. The summed E-state index contributed by atoms with van der Waals surface area (Å²) >= 11 is 0. The number of aryl methyl sites for hydroxylation is 2. The molecule has 0 spiro atoms. The Kier molecular flexibility index (Phi) is 5.73. The van der Waals surface area contributed by atoms with Crippen molar-refractivity contribution < 1.29 is 0 Å². The molecule has 1 aromatic heterocycles. The van der Waals surface area contributed by atoms with Crippen LogP contribution in [0.1, 0.15) is 61.2 Å². The van der Waals surface area contributed by atoms with Crippen LogP contribution in [0, 0.1) is 19.3 Å². The Hall–Kier alpha value is -2.82. The van der Waals surface area contributed by atoms with E-state index < -0.39 is 0 Å². The summed E-state index contributed by atoms with van der Waals surface area (Å²) in [6.45, 7) is 13.4. The predicted octanol–water partition coefficient (Wildman–Crippen LogP) is 4.97. The molecule has 0 saturated carbocycles. The highest BCUT2D eigenvalue weighted by Gasteiger charge is 2.25. The molecule has 0 aliphatic carbocycles. The number of rotatable bonds is 6. The molecule has 3 rings (SSSR count). The quantitative estimate of drug-likeness (QED) is 0.490. The summed E-state index contributed by atoms with van der Waals surface area (Å²) in [5.41, 5.74) is 12.9. The molecule has 0 bridgehead atoms. The minimum Gasteiger partial charge on any atom is -0.398 e. The lowest BCUT2D eigenvalue weighted by Gasteiger charge is -2.39. The van der Waals surface area contributed by atoms with E-state index in [0.717, 1.165) is 65.4 Å². The van der Waals surface area contributed by atoms with Gasteiger partial charge >= 0.3 is 0 Å². The van der Waals surface area contributed by atoms with E-state index in [4.69, 9.17) is 11.1 Å². The van der Waals surface area contributed by atoms with Crippen LogP contribution in [-0.2, 0) is 6.54 Å². The zero-order valence-corrected chi connectivity index (χ0v) is 17.4. The normalized spacial score (nSPS) is 14.4. The Bertz CT molecular complexity index is 895. The highest BCUT2D eigenvalue weighted by atomic mass is 15.3. The van der Waals surface area contributed by atoms with Gasteiger partial charge in [0.15, 0.2) is 0 Å². The van der Waals surface area contributed by atoms with Gasteiger partial charge in [0.2, 0.25) is 0 Å². The van der Waals surface area contributed by atoms with Crippen molar-refractivity contribution in [3.8, 4) is 0 Å². The number of aromatic nitrogens is 1. The minimum atomic E-state index is 0.436. The van der Waals surface area contributed by atoms with E-state index in [0.29, 0.717) is 17.4 Å². The number of nitrogens with one attached hydrogen (secondary N) is 2. The van der Waals surface area contributed by atoms with Crippen molar-refractivity contribution in [2.24, 2.45) is 0 Å². The first-order valence-electron chi connectivity index (χ1n) is 10.0. The molecule has 5 nitrogen and oxygen atoms in total. The van der Waals surface area contributed by atoms with Gasteiger partial charge in [-0.15, -0.1) is 0 Å². The first-order chi connectivity index (χ1) is 13.3. The number of anilines is 2. The number of pyridine rings is 1. The Balaban J connectivity index is 1.97. The summed E-state index contributed by atoms with van der Waals surface area (Å²) in [7, 11) is 0. The van der Waals surface area contributed by atoms with Gasteiger partial charge in [0.1, 0.15) is 0 Å². The van der Waals surface area contributed by atoms with Gasteiger partial charge in [-0.25, -0.2) is 0 Å². The van der Waals surface area contributed by atoms with E-state index in [2.05, 4.69) is 41.7 Å². The summed E-state index contributed by atoms with van der Waals surface area (Å²) < 4.78 is 0. The second-order valence-electron chi connectivity index (χ2n) is 7.66. The smallest absolute Gasteiger partial charge is 0.0989 e. The van der Waals surface area contributed by atoms with E-state index >= 15 is 0 Å². The van der Waals surface area contributed by atoms with Gasteiger partial charge in [0.05, 0.1) is 11.5 Å². The highest BCUT2D eigenvalue weighted by Crippen LogP contribution is 2.34. The first kappa shape index (κ1) is 19.9. The molecule has 1 atom stereocenters. The summed E-state index contributed by atoms with van der Waals surface area (Å²) in [5.74, 6) is 0.926. The summed E-state index contributed by atoms with van der Waals surface area (Å²) in [4.78, 5) is 6.76. The van der Waals surface area contributed by atoms with Gasteiger partial charge in [-0.2, -0.15) is 0 Å². The van der Waals surface area contributed by atoms with Crippen molar-refractivity contribution in [2.45, 2.75) is 59.5 Å². The lowest BCUT2D eigenvalue weighted by Crippen LogP contribution is -2.39. The minimum absolute atomic E-state index is 0.436. The van der Waals surface area contributed by atoms with Crippen LogP contribution in [0.3, 0.4) is 0 Å². The summed E-state index contributed by atoms with van der Waals surface area (Å²) in [6, 6.07) is 8.33. The third kappa shape index (κ3) is 3.88. The van der Waals surface area contributed by atoms with Crippen LogP contribution in [0.25, 0.3) is 0 Å². The number of hydrogen-bond acceptors (Lipinski definition) is 5. The van der Waals surface area contributed by atoms with E-state index in [9.17, 15) is 0 Å². The van der Waals surface area contributed by atoms with Crippen molar-refractivity contribution in [2.75, 3.05) is 11.1 Å². The van der Waals surface area contributed by atoms with Crippen molar-refractivity contribution in [1.82, 2.24) is 9.88 Å². The molecule has 0 fully saturated rings. The molecule has 5 heteroatoms. The second kappa shape index (κ2) is 8.05. The van der Waals surface area contributed by atoms with Crippen LogP contribution >= 0.6 is 0 Å². The molecular weight excluding hydrogens is 346 g/mol. The molecule has 1 aromatic carbocycles. The van der Waals surface area contributed by atoms with Crippen molar-refractivity contribution in [3.63, 3.8) is 0 Å². The van der Waals surface area contributed by atoms with Crippen molar-refractivity contribution in [3.05, 3.63) is 64.7 Å². The van der Waals surface area contributed by atoms with Gasteiger partial charge in [0.25, 0.3) is 0 Å². The third-order valence-corrected chi connectivity index (χ3v) is 5.42. The largest absolute Gasteiger partial charge is 0.398 e. The Labute approximate surface area is 168 Å². The molecule has 1 unspecified atom stereocenters. The van der Waals surface area contributed by atoms with Gasteiger partial charge in [0, 0.05) is 46.5 Å². The molecule has 0 radical (unpaired) electrons. The standard InChI is InChI=1S/C23H31N5/c1-6-8-19(7-2)28-13-18-11-20(21(24)12-22(18)27-16(28)5)23(25)17-9-14(3)26-15(4)10-17/h9-12,19,25,27H,5-8,13,24H2,1-4H3. The van der Waals surface area contributed by atoms with Gasteiger partial charge in [-0.1, -0.05) is 26.8 Å². The van der Waals surface area contributed by atoms with Gasteiger partial charge in [-0.3, -0.25) is 10.4 Å². The average Bonchev–Trinajstić information content (AvgIpc) is 2.64. The summed E-state index contributed by atoms with van der Waals surface area (Å²) in [6.07, 6.45) is 3.37. The Morgan fingerprint density at radius 2 is 1.93 bits per heavy atom. The third-order valence-electron chi connectivity index (χ3n) is 5.42. The van der Waals surface area contributed by atoms with Crippen LogP contribution < -0.4 is 11.1 Å². The van der Waals surface area contributed by atoms with Crippen molar-refractivity contribution in [1.29, 1.82) is 5.41 Å². The molecule has 0 saturated heterocycles. The van der Waals surface area contributed by atoms with Crippen LogP contribution in [0.5, 0.6) is 0 Å². The maximum Gasteiger partial charge on any atom is 0.0989 e. The van der Waals surface area contributed by atoms with Gasteiger partial charge < -0.3 is 16.0 Å². The van der Waals surface area contributed by atoms with Crippen molar-refractivity contribution >= 4 is 17.1 Å². The van der Waals surface area contributed by atoms with E-state index in [1.807, 2.05) is 32.0 Å². The highest BCUT2D eigenvalue weighted by molar-refractivity contribution is 6.14. The molecule has 148 valence electrons. The number of nitrogens with two attached hydrogens (primary N) is 1. The van der Waals surface area contributed by atoms with E-state index in [-0.39, 0.29) is 0 Å². The lowest BCUT2D eigenvalue weighted by atomic mass is 9.95. The number of fused-ring (bicyclic) bond motifs is 1. The SMILES string of the molecule is C=C1Nc2cc(N)c(C(=N)c3cc(C)nc(C)c3)cc2CN1C(CC)CCC. The lowest BCUT2D eigenvalue weighted by molar-refractivity contribution is 0.222. The van der Waals surface area contributed by atoms with E-state index in [1.165, 1.54) is 0 Å². The Morgan fingerprint density at radius 3 is 2.54 bits per heavy atom. The van der Waals surface area contributed by atoms with Crippen LogP contribution in [0.15, 0.2) is 36.7 Å². The van der Waals surface area contributed by atoms with Crippen LogP contribution in [-0.4, -0.2) is 21.6 Å². The Morgan fingerprint density at radius 1 is 1.25 bits per heavy atom. The number of hydrogen-bond donors (Lipinski definition) is 3. The zero-order valence-electron chi connectivity index (χ0n) is 17.4. The average molecular weight is 378 g/mol. The second-order valence-corrected chi connectivity index (χ2v) is 7.66. The molecule has 2 heterocycles. The van der Waals surface area contributed by atoms with Crippen LogP contribution in [0.4, 0.5) is 11.4 Å². The first-order valence-corrected chi connectivity index (χ1v) is 10.0. The monoisotopic (exact) mass is 377 g/mol. The maximum atomic E-state index is 8.74. The van der Waals surface area contributed by atoms with Crippen LogP contribution in [0.2, 0.25) is 0 Å². The molecule has 0 amide bonds. The molecular formula is C23H31N5.